The van der Waals surface area contributed by atoms with E-state index in [1.54, 1.807) is 31.4 Å². The number of rotatable bonds is 4. The Morgan fingerprint density at radius 3 is 2.55 bits per heavy atom. The van der Waals surface area contributed by atoms with Crippen LogP contribution in [0.3, 0.4) is 0 Å². The maximum Gasteiger partial charge on any atom is 0.336 e. The first-order valence-corrected chi connectivity index (χ1v) is 6.68. The van der Waals surface area contributed by atoms with E-state index in [0.717, 1.165) is 11.3 Å². The standard InChI is InChI=1S/C17H14O5/c1-19-13-5-2-12(3-6-13)4-9-17(18)22-14-7-8-15-16(10-14)21-11-20-15/h2-10H,11H2,1H3/b9-4+. The third-order valence-electron chi connectivity index (χ3n) is 3.09. The van der Waals surface area contributed by atoms with Crippen molar-refractivity contribution in [3.8, 4) is 23.0 Å². The molecule has 22 heavy (non-hydrogen) atoms. The van der Waals surface area contributed by atoms with E-state index in [-0.39, 0.29) is 6.79 Å². The summed E-state index contributed by atoms with van der Waals surface area (Å²) in [6.45, 7) is 0.185. The summed E-state index contributed by atoms with van der Waals surface area (Å²) in [7, 11) is 1.60. The van der Waals surface area contributed by atoms with Gasteiger partial charge in [-0.05, 0) is 35.9 Å². The minimum Gasteiger partial charge on any atom is -0.497 e. The van der Waals surface area contributed by atoms with Crippen LogP contribution in [0.15, 0.2) is 48.5 Å². The molecule has 0 aliphatic carbocycles. The highest BCUT2D eigenvalue weighted by Crippen LogP contribution is 2.35. The van der Waals surface area contributed by atoms with Gasteiger partial charge in [-0.15, -0.1) is 0 Å². The van der Waals surface area contributed by atoms with E-state index < -0.39 is 5.97 Å². The van der Waals surface area contributed by atoms with E-state index in [9.17, 15) is 4.79 Å². The van der Waals surface area contributed by atoms with Gasteiger partial charge in [0.1, 0.15) is 11.5 Å². The lowest BCUT2D eigenvalue weighted by Crippen LogP contribution is -2.03. The van der Waals surface area contributed by atoms with Crippen molar-refractivity contribution in [3.05, 3.63) is 54.1 Å². The number of fused-ring (bicyclic) bond motifs is 1. The fraction of sp³-hybridized carbons (Fsp3) is 0.118. The van der Waals surface area contributed by atoms with E-state index in [0.29, 0.717) is 17.2 Å². The summed E-state index contributed by atoms with van der Waals surface area (Å²) in [4.78, 5) is 11.8. The third-order valence-corrected chi connectivity index (χ3v) is 3.09. The van der Waals surface area contributed by atoms with Gasteiger partial charge in [0.2, 0.25) is 6.79 Å². The molecule has 2 aromatic rings. The zero-order valence-corrected chi connectivity index (χ0v) is 11.9. The molecule has 0 radical (unpaired) electrons. The first-order valence-electron chi connectivity index (χ1n) is 6.68. The zero-order chi connectivity index (χ0) is 15.4. The first-order chi connectivity index (χ1) is 10.7. The summed E-state index contributed by atoms with van der Waals surface area (Å²) in [5.74, 6) is 1.93. The Morgan fingerprint density at radius 2 is 1.77 bits per heavy atom. The lowest BCUT2D eigenvalue weighted by atomic mass is 10.2. The van der Waals surface area contributed by atoms with Crippen LogP contribution in [0.1, 0.15) is 5.56 Å². The second-order valence-electron chi connectivity index (χ2n) is 4.54. The average molecular weight is 298 g/mol. The quantitative estimate of drug-likeness (QED) is 0.493. The highest BCUT2D eigenvalue weighted by molar-refractivity contribution is 5.88. The summed E-state index contributed by atoms with van der Waals surface area (Å²) in [5, 5.41) is 0. The molecule has 0 unspecified atom stereocenters. The van der Waals surface area contributed by atoms with Crippen LogP contribution in [0.4, 0.5) is 0 Å². The SMILES string of the molecule is COc1ccc(/C=C/C(=O)Oc2ccc3c(c2)OCO3)cc1. The largest absolute Gasteiger partial charge is 0.497 e. The van der Waals surface area contributed by atoms with Gasteiger partial charge in [-0.3, -0.25) is 0 Å². The Hall–Kier alpha value is -2.95. The van der Waals surface area contributed by atoms with Crippen molar-refractivity contribution in [2.24, 2.45) is 0 Å². The number of esters is 1. The molecule has 112 valence electrons. The normalized spacial score (nSPS) is 12.4. The van der Waals surface area contributed by atoms with Crippen molar-refractivity contribution in [3.63, 3.8) is 0 Å². The summed E-state index contributed by atoms with van der Waals surface area (Å²) >= 11 is 0. The molecule has 0 saturated heterocycles. The van der Waals surface area contributed by atoms with Crippen LogP contribution in [-0.4, -0.2) is 19.9 Å². The highest BCUT2D eigenvalue weighted by Gasteiger charge is 2.14. The fourth-order valence-corrected chi connectivity index (χ4v) is 1.97. The Labute approximate surface area is 127 Å². The molecule has 0 fully saturated rings. The molecule has 1 aliphatic rings. The van der Waals surface area contributed by atoms with Crippen molar-refractivity contribution in [1.82, 2.24) is 0 Å². The lowest BCUT2D eigenvalue weighted by molar-refractivity contribution is -0.128. The van der Waals surface area contributed by atoms with E-state index in [2.05, 4.69) is 0 Å². The maximum absolute atomic E-state index is 11.8. The van der Waals surface area contributed by atoms with Crippen molar-refractivity contribution in [2.45, 2.75) is 0 Å². The zero-order valence-electron chi connectivity index (χ0n) is 11.9. The second kappa shape index (κ2) is 6.22. The molecule has 0 aromatic heterocycles. The van der Waals surface area contributed by atoms with Gasteiger partial charge in [0.05, 0.1) is 7.11 Å². The van der Waals surface area contributed by atoms with E-state index in [1.807, 2.05) is 24.3 Å². The van der Waals surface area contributed by atoms with Gasteiger partial charge in [0.15, 0.2) is 11.5 Å². The van der Waals surface area contributed by atoms with Gasteiger partial charge >= 0.3 is 5.97 Å². The molecule has 0 bridgehead atoms. The number of methoxy groups -OCH3 is 1. The lowest BCUT2D eigenvalue weighted by Gasteiger charge is -2.02. The van der Waals surface area contributed by atoms with E-state index in [1.165, 1.54) is 6.08 Å². The molecule has 0 N–H and O–H groups in total. The van der Waals surface area contributed by atoms with Crippen molar-refractivity contribution >= 4 is 12.0 Å². The van der Waals surface area contributed by atoms with Crippen molar-refractivity contribution in [1.29, 1.82) is 0 Å². The van der Waals surface area contributed by atoms with Crippen LogP contribution < -0.4 is 18.9 Å². The number of carbonyl (C=O) groups excluding carboxylic acids is 1. The molecule has 1 heterocycles. The van der Waals surface area contributed by atoms with Gasteiger partial charge in [-0.2, -0.15) is 0 Å². The van der Waals surface area contributed by atoms with Gasteiger partial charge in [-0.1, -0.05) is 12.1 Å². The maximum atomic E-state index is 11.8. The Bertz CT molecular complexity index is 703. The van der Waals surface area contributed by atoms with Crippen LogP contribution in [0.2, 0.25) is 0 Å². The first kappa shape index (κ1) is 14.0. The number of hydrogen-bond donors (Lipinski definition) is 0. The molecule has 5 nitrogen and oxygen atoms in total. The van der Waals surface area contributed by atoms with Crippen LogP contribution in [-0.2, 0) is 4.79 Å². The van der Waals surface area contributed by atoms with Gasteiger partial charge in [-0.25, -0.2) is 4.79 Å². The minimum atomic E-state index is -0.463. The Kier molecular flexibility index (Phi) is 3.96. The van der Waals surface area contributed by atoms with Crippen LogP contribution in [0, 0.1) is 0 Å². The van der Waals surface area contributed by atoms with Crippen LogP contribution in [0.25, 0.3) is 6.08 Å². The van der Waals surface area contributed by atoms with E-state index >= 15 is 0 Å². The van der Waals surface area contributed by atoms with Crippen molar-refractivity contribution in [2.75, 3.05) is 13.9 Å². The monoisotopic (exact) mass is 298 g/mol. The molecule has 3 rings (SSSR count). The Morgan fingerprint density at radius 1 is 1.05 bits per heavy atom. The molecule has 0 spiro atoms. The second-order valence-corrected chi connectivity index (χ2v) is 4.54. The number of hydrogen-bond acceptors (Lipinski definition) is 5. The predicted octanol–water partition coefficient (Wildman–Crippen LogP) is 3.04. The fourth-order valence-electron chi connectivity index (χ4n) is 1.97. The molecule has 0 atom stereocenters. The molecular formula is C17H14O5. The Balaban J connectivity index is 1.63. The van der Waals surface area contributed by atoms with Crippen molar-refractivity contribution < 1.29 is 23.7 Å². The number of ether oxygens (including phenoxy) is 4. The molecular weight excluding hydrogens is 284 g/mol. The average Bonchev–Trinajstić information content (AvgIpc) is 3.01. The predicted molar refractivity (Wildman–Crippen MR) is 80.2 cm³/mol. The number of carbonyl (C=O) groups is 1. The van der Waals surface area contributed by atoms with Gasteiger partial charge in [0, 0.05) is 12.1 Å². The summed E-state index contributed by atoms with van der Waals surface area (Å²) in [6.07, 6.45) is 3.04. The molecule has 5 heteroatoms. The molecule has 2 aromatic carbocycles. The molecule has 0 amide bonds. The van der Waals surface area contributed by atoms with Crippen LogP contribution in [0.5, 0.6) is 23.0 Å². The van der Waals surface area contributed by atoms with Gasteiger partial charge < -0.3 is 18.9 Å². The topological polar surface area (TPSA) is 54.0 Å². The highest BCUT2D eigenvalue weighted by atomic mass is 16.7. The number of benzene rings is 2. The minimum absolute atomic E-state index is 0.185. The van der Waals surface area contributed by atoms with E-state index in [4.69, 9.17) is 18.9 Å². The smallest absolute Gasteiger partial charge is 0.336 e. The van der Waals surface area contributed by atoms with Crippen LogP contribution >= 0.6 is 0 Å². The molecule has 0 saturated carbocycles. The summed E-state index contributed by atoms with van der Waals surface area (Å²) in [6, 6.07) is 12.3. The third kappa shape index (κ3) is 3.20. The summed E-state index contributed by atoms with van der Waals surface area (Å²) < 4.78 is 20.7. The summed E-state index contributed by atoms with van der Waals surface area (Å²) in [5.41, 5.74) is 0.878. The molecule has 1 aliphatic heterocycles. The van der Waals surface area contributed by atoms with Gasteiger partial charge in [0.25, 0.3) is 0 Å².